The molecule has 2 N–H and O–H groups in total. The topological polar surface area (TPSA) is 97.0 Å². The summed E-state index contributed by atoms with van der Waals surface area (Å²) in [5.41, 5.74) is 0.586. The highest BCUT2D eigenvalue weighted by Crippen LogP contribution is 2.39. The van der Waals surface area contributed by atoms with Crippen LogP contribution in [0.4, 0.5) is 0 Å². The Morgan fingerprint density at radius 1 is 0.955 bits per heavy atom. The minimum Gasteiger partial charge on any atom is -0.384 e. The van der Waals surface area contributed by atoms with Crippen LogP contribution in [0.3, 0.4) is 0 Å². The van der Waals surface area contributed by atoms with Crippen LogP contribution >= 0.6 is 0 Å². The molecule has 1 aliphatic carbocycles. The molecule has 0 radical (unpaired) electrons. The fourth-order valence-electron chi connectivity index (χ4n) is 6.83. The third-order valence-corrected chi connectivity index (χ3v) is 9.47. The molecule has 8 nitrogen and oxygen atoms in total. The zero-order valence-electron chi connectivity index (χ0n) is 29.3. The zero-order chi connectivity index (χ0) is 33.4. The third-order valence-electron chi connectivity index (χ3n) is 9.47. The fourth-order valence-corrected chi connectivity index (χ4v) is 6.83. The number of carbonyl (C=O) groups excluding carboxylic acids is 3. The molecule has 0 heterocycles. The minimum absolute atomic E-state index is 0.0400. The van der Waals surface area contributed by atoms with E-state index in [-0.39, 0.29) is 47.3 Å². The average molecular weight is 614 g/mol. The van der Waals surface area contributed by atoms with Gasteiger partial charge in [0, 0.05) is 45.8 Å². The maximum absolute atomic E-state index is 14.2. The molecular formula is C36H59N3O5. The van der Waals surface area contributed by atoms with Crippen molar-refractivity contribution in [3.63, 3.8) is 0 Å². The van der Waals surface area contributed by atoms with Crippen molar-refractivity contribution in [3.8, 4) is 0 Å². The summed E-state index contributed by atoms with van der Waals surface area (Å²) < 4.78 is 10.9. The normalized spacial score (nSPS) is 20.3. The predicted octanol–water partition coefficient (Wildman–Crippen LogP) is 5.02. The lowest BCUT2D eigenvalue weighted by Gasteiger charge is -2.40. The molecule has 0 aliphatic heterocycles. The summed E-state index contributed by atoms with van der Waals surface area (Å²) in [4.78, 5) is 43.6. The van der Waals surface area contributed by atoms with E-state index < -0.39 is 22.9 Å². The first-order valence-corrected chi connectivity index (χ1v) is 16.0. The molecule has 2 rings (SSSR count). The first-order valence-electron chi connectivity index (χ1n) is 16.0. The molecule has 44 heavy (non-hydrogen) atoms. The molecule has 0 bridgehead atoms. The van der Waals surface area contributed by atoms with Crippen LogP contribution in [0.2, 0.25) is 0 Å². The molecule has 0 aromatic heterocycles. The quantitative estimate of drug-likeness (QED) is 0.270. The van der Waals surface area contributed by atoms with Crippen molar-refractivity contribution in [2.75, 3.05) is 41.5 Å². The number of ether oxygens (including phenoxy) is 2. The van der Waals surface area contributed by atoms with E-state index in [1.807, 2.05) is 91.8 Å². The molecule has 8 heteroatoms. The van der Waals surface area contributed by atoms with Crippen LogP contribution in [-0.2, 0) is 29.3 Å². The van der Waals surface area contributed by atoms with Gasteiger partial charge in [0.05, 0.1) is 12.1 Å². The van der Waals surface area contributed by atoms with Crippen LogP contribution in [-0.4, -0.2) is 82.2 Å². The number of hydrogen-bond acceptors (Lipinski definition) is 6. The van der Waals surface area contributed by atoms with Gasteiger partial charge in [-0.3, -0.25) is 14.4 Å². The van der Waals surface area contributed by atoms with Crippen molar-refractivity contribution in [2.24, 2.45) is 29.1 Å². The first kappa shape index (κ1) is 37.6. The summed E-state index contributed by atoms with van der Waals surface area (Å²) in [6, 6.07) is 8.23. The van der Waals surface area contributed by atoms with Crippen molar-refractivity contribution in [1.29, 1.82) is 0 Å². The van der Waals surface area contributed by atoms with Crippen LogP contribution in [0.15, 0.2) is 42.0 Å². The van der Waals surface area contributed by atoms with Crippen LogP contribution in [0, 0.1) is 29.1 Å². The molecule has 1 saturated carbocycles. The lowest BCUT2D eigenvalue weighted by atomic mass is 9.76. The molecular weight excluding hydrogens is 554 g/mol. The number of hydrogen-bond donors (Lipinski definition) is 2. The van der Waals surface area contributed by atoms with Gasteiger partial charge in [-0.15, -0.1) is 0 Å². The first-order chi connectivity index (χ1) is 20.5. The Morgan fingerprint density at radius 3 is 1.91 bits per heavy atom. The highest BCUT2D eigenvalue weighted by molar-refractivity contribution is 5.97. The van der Waals surface area contributed by atoms with Gasteiger partial charge in [-0.2, -0.15) is 0 Å². The van der Waals surface area contributed by atoms with Gasteiger partial charge in [-0.1, -0.05) is 84.9 Å². The number of ketones is 1. The molecule has 248 valence electrons. The van der Waals surface area contributed by atoms with Crippen LogP contribution in [0.25, 0.3) is 0 Å². The SMILES string of the molecule is CN[C@H](C(=O)N[C@H](C(=O)N(C)[C@H](C=C(C)C(=O)C1[C@H](COC)CC[C@H]1COC)C(C)C)C(C)(C)C)C(C)(C)c1ccccc1. The van der Waals surface area contributed by atoms with Crippen LogP contribution in [0.5, 0.6) is 0 Å². The number of nitrogens with zero attached hydrogens (tertiary/aromatic N) is 1. The van der Waals surface area contributed by atoms with E-state index in [1.165, 1.54) is 0 Å². The number of Topliss-reactive ketones (excluding diaryl/α,β-unsaturated/α-hetero) is 1. The summed E-state index contributed by atoms with van der Waals surface area (Å²) in [5.74, 6) is -0.170. The Labute approximate surface area is 266 Å². The lowest BCUT2D eigenvalue weighted by molar-refractivity contribution is -0.141. The fraction of sp³-hybridized carbons (Fsp3) is 0.694. The Hall–Kier alpha value is -2.55. The second-order valence-corrected chi connectivity index (χ2v) is 14.5. The highest BCUT2D eigenvalue weighted by atomic mass is 16.5. The molecule has 1 aliphatic rings. The second kappa shape index (κ2) is 16.1. The molecule has 1 aromatic carbocycles. The highest BCUT2D eigenvalue weighted by Gasteiger charge is 2.43. The second-order valence-electron chi connectivity index (χ2n) is 14.5. The van der Waals surface area contributed by atoms with E-state index in [1.54, 1.807) is 33.2 Å². The van der Waals surface area contributed by atoms with Crippen LogP contribution in [0.1, 0.15) is 73.8 Å². The van der Waals surface area contributed by atoms with Gasteiger partial charge < -0.3 is 25.0 Å². The lowest BCUT2D eigenvalue weighted by Crippen LogP contribution is -2.61. The molecule has 1 aromatic rings. The number of methoxy groups -OCH3 is 2. The minimum atomic E-state index is -0.778. The standard InChI is InChI=1S/C36H59N3O5/c1-23(2)28(20-24(3)30(40)29-25(21-43-11)18-19-26(29)22-44-12)39(10)34(42)32(35(4,5)6)38-33(41)31(37-9)36(7,8)27-16-14-13-15-17-27/h13-17,20,23,25-26,28-29,31-32,37H,18-19,21-22H2,1-12H3,(H,38,41)/t25-,26-,28+,31+,32+/m0/s1. The summed E-state index contributed by atoms with van der Waals surface area (Å²) in [6.07, 6.45) is 3.80. The maximum Gasteiger partial charge on any atom is 0.245 e. The number of allylic oxidation sites excluding steroid dienone is 1. The van der Waals surface area contributed by atoms with E-state index in [4.69, 9.17) is 9.47 Å². The Bertz CT molecular complexity index is 1110. The summed E-state index contributed by atoms with van der Waals surface area (Å²) in [5, 5.41) is 6.31. The zero-order valence-corrected chi connectivity index (χ0v) is 29.3. The maximum atomic E-state index is 14.2. The Morgan fingerprint density at radius 2 is 1.48 bits per heavy atom. The van der Waals surface area contributed by atoms with Crippen molar-refractivity contribution in [2.45, 2.75) is 91.8 Å². The van der Waals surface area contributed by atoms with Gasteiger partial charge in [-0.25, -0.2) is 0 Å². The van der Waals surface area contributed by atoms with Gasteiger partial charge in [0.15, 0.2) is 5.78 Å². The van der Waals surface area contributed by atoms with Crippen molar-refractivity contribution in [3.05, 3.63) is 47.5 Å². The van der Waals surface area contributed by atoms with E-state index in [2.05, 4.69) is 10.6 Å². The summed E-state index contributed by atoms with van der Waals surface area (Å²) in [6.45, 7) is 17.0. The monoisotopic (exact) mass is 613 g/mol. The van der Waals surface area contributed by atoms with Gasteiger partial charge in [0.1, 0.15) is 6.04 Å². The van der Waals surface area contributed by atoms with Crippen LogP contribution < -0.4 is 10.6 Å². The van der Waals surface area contributed by atoms with Gasteiger partial charge >= 0.3 is 0 Å². The molecule has 1 fully saturated rings. The van der Waals surface area contributed by atoms with Crippen molar-refractivity contribution < 1.29 is 23.9 Å². The number of likely N-dealkylation sites (N-methyl/N-ethyl adjacent to an activating group) is 2. The van der Waals surface area contributed by atoms with E-state index in [9.17, 15) is 14.4 Å². The summed E-state index contributed by atoms with van der Waals surface area (Å²) >= 11 is 0. The largest absolute Gasteiger partial charge is 0.384 e. The van der Waals surface area contributed by atoms with E-state index >= 15 is 0 Å². The van der Waals surface area contributed by atoms with Gasteiger partial charge in [-0.05, 0) is 61.1 Å². The molecule has 0 saturated heterocycles. The summed E-state index contributed by atoms with van der Waals surface area (Å²) in [7, 11) is 6.89. The molecule has 5 atom stereocenters. The van der Waals surface area contributed by atoms with Crippen molar-refractivity contribution in [1.82, 2.24) is 15.5 Å². The molecule has 2 amide bonds. The predicted molar refractivity (Wildman–Crippen MR) is 177 cm³/mol. The van der Waals surface area contributed by atoms with E-state index in [0.29, 0.717) is 18.8 Å². The Kier molecular flexibility index (Phi) is 13.8. The number of carbonyl (C=O) groups is 3. The molecule has 0 unspecified atom stereocenters. The average Bonchev–Trinajstić information content (AvgIpc) is 3.35. The molecule has 0 spiro atoms. The number of rotatable bonds is 15. The van der Waals surface area contributed by atoms with Gasteiger partial charge in [0.2, 0.25) is 11.8 Å². The Balaban J connectivity index is 2.36. The van der Waals surface area contributed by atoms with Gasteiger partial charge in [0.25, 0.3) is 0 Å². The van der Waals surface area contributed by atoms with E-state index in [0.717, 1.165) is 18.4 Å². The number of nitrogens with one attached hydrogen (secondary N) is 2. The number of benzene rings is 1. The number of amides is 2. The smallest absolute Gasteiger partial charge is 0.245 e. The third kappa shape index (κ3) is 9.01. The van der Waals surface area contributed by atoms with Crippen molar-refractivity contribution >= 4 is 17.6 Å².